The smallest absolute Gasteiger partial charge is 0.308 e. The van der Waals surface area contributed by atoms with Crippen molar-refractivity contribution in [2.45, 2.75) is 32.2 Å². The summed E-state index contributed by atoms with van der Waals surface area (Å²) < 4.78 is 4.82. The van der Waals surface area contributed by atoms with Gasteiger partial charge in [-0.1, -0.05) is 29.8 Å². The zero-order valence-electron chi connectivity index (χ0n) is 15.3. The minimum Gasteiger partial charge on any atom is -0.469 e. The van der Waals surface area contributed by atoms with Crippen molar-refractivity contribution in [3.8, 4) is 0 Å². The molecule has 3 rings (SSSR count). The van der Waals surface area contributed by atoms with Crippen molar-refractivity contribution in [2.24, 2.45) is 11.8 Å². The van der Waals surface area contributed by atoms with Gasteiger partial charge in [-0.3, -0.25) is 14.5 Å². The molecule has 0 bridgehead atoms. The molecule has 0 spiro atoms. The van der Waals surface area contributed by atoms with E-state index in [1.807, 2.05) is 29.2 Å². The molecule has 2 aliphatic heterocycles. The van der Waals surface area contributed by atoms with E-state index >= 15 is 0 Å². The molecule has 6 heteroatoms. The predicted octanol–water partition coefficient (Wildman–Crippen LogP) is 2.96. The Morgan fingerprint density at radius 3 is 2.54 bits per heavy atom. The summed E-state index contributed by atoms with van der Waals surface area (Å²) in [5.41, 5.74) is 1.11. The van der Waals surface area contributed by atoms with Gasteiger partial charge < -0.3 is 9.64 Å². The molecule has 5 nitrogen and oxygen atoms in total. The molecule has 0 aliphatic carbocycles. The number of methoxy groups -OCH3 is 1. The van der Waals surface area contributed by atoms with Crippen LogP contribution in [0.1, 0.15) is 31.2 Å². The number of esters is 1. The summed E-state index contributed by atoms with van der Waals surface area (Å²) in [6.45, 7) is 3.87. The molecule has 0 saturated carbocycles. The van der Waals surface area contributed by atoms with Crippen molar-refractivity contribution in [1.29, 1.82) is 0 Å². The summed E-state index contributed by atoms with van der Waals surface area (Å²) in [7, 11) is 1.43. The van der Waals surface area contributed by atoms with Crippen LogP contribution < -0.4 is 0 Å². The van der Waals surface area contributed by atoms with Crippen molar-refractivity contribution in [3.63, 3.8) is 0 Å². The van der Waals surface area contributed by atoms with Gasteiger partial charge in [0, 0.05) is 31.2 Å². The van der Waals surface area contributed by atoms with Crippen LogP contribution in [0.25, 0.3) is 0 Å². The van der Waals surface area contributed by atoms with Gasteiger partial charge in [0.2, 0.25) is 5.91 Å². The molecule has 2 fully saturated rings. The Kier molecular flexibility index (Phi) is 6.54. The Labute approximate surface area is 160 Å². The van der Waals surface area contributed by atoms with Crippen molar-refractivity contribution in [3.05, 3.63) is 34.9 Å². The van der Waals surface area contributed by atoms with E-state index in [0.717, 1.165) is 43.1 Å². The summed E-state index contributed by atoms with van der Waals surface area (Å²) >= 11 is 6.28. The summed E-state index contributed by atoms with van der Waals surface area (Å²) in [6, 6.07) is 7.89. The number of carbonyl (C=O) groups is 2. The van der Waals surface area contributed by atoms with Crippen molar-refractivity contribution >= 4 is 23.5 Å². The first-order valence-corrected chi connectivity index (χ1v) is 9.78. The van der Waals surface area contributed by atoms with Gasteiger partial charge in [-0.05, 0) is 43.9 Å². The third kappa shape index (κ3) is 4.57. The van der Waals surface area contributed by atoms with Crippen LogP contribution in [-0.2, 0) is 20.9 Å². The standard InChI is InChI=1S/C20H27ClN2O3/c1-26-20(25)15-8-11-23(12-9-15)19(24)17-6-4-10-22(14-17)13-16-5-2-3-7-18(16)21/h2-3,5,7,15,17H,4,6,8-14H2,1H3/t17-/m0/s1. The zero-order valence-corrected chi connectivity index (χ0v) is 16.1. The number of piperidine rings is 2. The number of rotatable bonds is 4. The van der Waals surface area contributed by atoms with Crippen molar-refractivity contribution < 1.29 is 14.3 Å². The van der Waals surface area contributed by atoms with Gasteiger partial charge in [0.1, 0.15) is 0 Å². The fourth-order valence-electron chi connectivity index (χ4n) is 4.03. The largest absolute Gasteiger partial charge is 0.469 e. The molecule has 1 atom stereocenters. The third-order valence-electron chi connectivity index (χ3n) is 5.55. The fraction of sp³-hybridized carbons (Fsp3) is 0.600. The highest BCUT2D eigenvalue weighted by atomic mass is 35.5. The second kappa shape index (κ2) is 8.87. The van der Waals surface area contributed by atoms with Crippen LogP contribution in [0.2, 0.25) is 5.02 Å². The van der Waals surface area contributed by atoms with Gasteiger partial charge in [-0.2, -0.15) is 0 Å². The van der Waals surface area contributed by atoms with E-state index in [0.29, 0.717) is 25.9 Å². The number of carbonyl (C=O) groups excluding carboxylic acids is 2. The van der Waals surface area contributed by atoms with E-state index in [9.17, 15) is 9.59 Å². The van der Waals surface area contributed by atoms with Gasteiger partial charge in [-0.25, -0.2) is 0 Å². The van der Waals surface area contributed by atoms with Crippen molar-refractivity contribution in [1.82, 2.24) is 9.80 Å². The molecule has 2 heterocycles. The number of halogens is 1. The number of likely N-dealkylation sites (tertiary alicyclic amines) is 2. The molecule has 0 radical (unpaired) electrons. The Morgan fingerprint density at radius 2 is 1.85 bits per heavy atom. The second-order valence-corrected chi connectivity index (χ2v) is 7.70. The predicted molar refractivity (Wildman–Crippen MR) is 101 cm³/mol. The van der Waals surface area contributed by atoms with E-state index in [4.69, 9.17) is 16.3 Å². The summed E-state index contributed by atoms with van der Waals surface area (Å²) in [5, 5.41) is 0.783. The summed E-state index contributed by atoms with van der Waals surface area (Å²) in [5.74, 6) is 0.0610. The van der Waals surface area contributed by atoms with Gasteiger partial charge in [0.05, 0.1) is 18.9 Å². The number of hydrogen-bond acceptors (Lipinski definition) is 4. The average molecular weight is 379 g/mol. The van der Waals surface area contributed by atoms with Crippen LogP contribution in [0, 0.1) is 11.8 Å². The maximum Gasteiger partial charge on any atom is 0.308 e. The lowest BCUT2D eigenvalue weighted by molar-refractivity contribution is -0.150. The quantitative estimate of drug-likeness (QED) is 0.756. The monoisotopic (exact) mass is 378 g/mol. The third-order valence-corrected chi connectivity index (χ3v) is 5.92. The van der Waals surface area contributed by atoms with E-state index in [1.54, 1.807) is 0 Å². The topological polar surface area (TPSA) is 49.9 Å². The Morgan fingerprint density at radius 1 is 1.12 bits per heavy atom. The van der Waals surface area contributed by atoms with E-state index in [2.05, 4.69) is 4.90 Å². The second-order valence-electron chi connectivity index (χ2n) is 7.29. The summed E-state index contributed by atoms with van der Waals surface area (Å²) in [4.78, 5) is 28.8. The minimum absolute atomic E-state index is 0.0425. The SMILES string of the molecule is COC(=O)C1CCN(C(=O)[C@H]2CCCN(Cc3ccccc3Cl)C2)CC1. The van der Waals surface area contributed by atoms with Gasteiger partial charge >= 0.3 is 5.97 Å². The highest BCUT2D eigenvalue weighted by Gasteiger charge is 2.33. The van der Waals surface area contributed by atoms with Crippen LogP contribution in [0.3, 0.4) is 0 Å². The number of benzene rings is 1. The molecule has 1 aromatic rings. The number of ether oxygens (including phenoxy) is 1. The lowest BCUT2D eigenvalue weighted by Crippen LogP contribution is -2.47. The lowest BCUT2D eigenvalue weighted by atomic mass is 9.92. The molecule has 0 unspecified atom stereocenters. The molecule has 1 aromatic carbocycles. The average Bonchev–Trinajstić information content (AvgIpc) is 2.69. The number of nitrogens with zero attached hydrogens (tertiary/aromatic N) is 2. The van der Waals surface area contributed by atoms with Crippen LogP contribution in [0.15, 0.2) is 24.3 Å². The summed E-state index contributed by atoms with van der Waals surface area (Å²) in [6.07, 6.45) is 3.37. The Hall–Kier alpha value is -1.59. The molecule has 1 amide bonds. The molecule has 2 aliphatic rings. The highest BCUT2D eigenvalue weighted by molar-refractivity contribution is 6.31. The van der Waals surface area contributed by atoms with Gasteiger partial charge in [0.15, 0.2) is 0 Å². The van der Waals surface area contributed by atoms with E-state index in [-0.39, 0.29) is 23.7 Å². The highest BCUT2D eigenvalue weighted by Crippen LogP contribution is 2.25. The lowest BCUT2D eigenvalue weighted by Gasteiger charge is -2.37. The Balaban J connectivity index is 1.54. The first-order chi connectivity index (χ1) is 12.6. The Bertz CT molecular complexity index is 644. The molecule has 0 aromatic heterocycles. The van der Waals surface area contributed by atoms with Crippen LogP contribution in [0.5, 0.6) is 0 Å². The fourth-order valence-corrected chi connectivity index (χ4v) is 4.22. The number of amides is 1. The molecule has 2 saturated heterocycles. The zero-order chi connectivity index (χ0) is 18.5. The number of hydrogen-bond donors (Lipinski definition) is 0. The van der Waals surface area contributed by atoms with Crippen LogP contribution >= 0.6 is 11.6 Å². The maximum atomic E-state index is 12.9. The van der Waals surface area contributed by atoms with Gasteiger partial charge in [0.25, 0.3) is 0 Å². The van der Waals surface area contributed by atoms with Crippen LogP contribution in [0.4, 0.5) is 0 Å². The molecule has 26 heavy (non-hydrogen) atoms. The first-order valence-electron chi connectivity index (χ1n) is 9.41. The maximum absolute atomic E-state index is 12.9. The normalized spacial score (nSPS) is 22.2. The first kappa shape index (κ1) is 19.2. The van der Waals surface area contributed by atoms with E-state index < -0.39 is 0 Å². The molecule has 0 N–H and O–H groups in total. The minimum atomic E-state index is -0.152. The molecule has 142 valence electrons. The van der Waals surface area contributed by atoms with Crippen molar-refractivity contribution in [2.75, 3.05) is 33.3 Å². The van der Waals surface area contributed by atoms with Gasteiger partial charge in [-0.15, -0.1) is 0 Å². The molecular weight excluding hydrogens is 352 g/mol. The molecular formula is C20H27ClN2O3. The van der Waals surface area contributed by atoms with Crippen LogP contribution in [-0.4, -0.2) is 55.0 Å². The van der Waals surface area contributed by atoms with E-state index in [1.165, 1.54) is 7.11 Å².